The van der Waals surface area contributed by atoms with Gasteiger partial charge in [-0.3, -0.25) is 9.67 Å². The van der Waals surface area contributed by atoms with Crippen LogP contribution in [0, 0.1) is 5.92 Å². The molecule has 42 heavy (non-hydrogen) atoms. The van der Waals surface area contributed by atoms with Gasteiger partial charge in [-0.1, -0.05) is 38.1 Å². The predicted molar refractivity (Wildman–Crippen MR) is 167 cm³/mol. The Balaban J connectivity index is 0.00000423. The lowest BCUT2D eigenvalue weighted by atomic mass is 9.91. The SMILES string of the molecule is COC(=O)c1ccc(Nc2ncc3c(n2)-c2c(nn(C)c2-c2ccc(/C(C=NCC(C)C)=C/N)cc2)CC3)c(OC)c1.[HH]. The third-order valence-electron chi connectivity index (χ3n) is 7.09. The zero-order valence-electron chi connectivity index (χ0n) is 24.5. The Kier molecular flexibility index (Phi) is 8.33. The molecule has 0 radical (unpaired) electrons. The van der Waals surface area contributed by atoms with E-state index in [1.54, 1.807) is 31.5 Å². The number of ether oxygens (including phenoxy) is 2. The topological polar surface area (TPSA) is 130 Å². The van der Waals surface area contributed by atoms with Crippen molar-refractivity contribution >= 4 is 29.4 Å². The molecule has 0 bridgehead atoms. The first kappa shape index (κ1) is 28.5. The van der Waals surface area contributed by atoms with Gasteiger partial charge in [-0.25, -0.2) is 14.8 Å². The van der Waals surface area contributed by atoms with Gasteiger partial charge in [0.1, 0.15) is 5.75 Å². The largest absolute Gasteiger partial charge is 0.495 e. The molecule has 10 heteroatoms. The van der Waals surface area contributed by atoms with E-state index in [0.29, 0.717) is 28.9 Å². The Morgan fingerprint density at radius 2 is 1.93 bits per heavy atom. The monoisotopic (exact) mass is 567 g/mol. The number of hydrogen-bond acceptors (Lipinski definition) is 9. The fourth-order valence-electron chi connectivity index (χ4n) is 5.01. The molecule has 218 valence electrons. The maximum atomic E-state index is 12.0. The Morgan fingerprint density at radius 3 is 2.62 bits per heavy atom. The molecule has 2 aromatic heterocycles. The average molecular weight is 568 g/mol. The van der Waals surface area contributed by atoms with Gasteiger partial charge in [0.2, 0.25) is 5.95 Å². The summed E-state index contributed by atoms with van der Waals surface area (Å²) in [5.41, 5.74) is 14.7. The van der Waals surface area contributed by atoms with Gasteiger partial charge in [-0.05, 0) is 48.1 Å². The number of carbonyl (C=O) groups excluding carboxylic acids is 1. The van der Waals surface area contributed by atoms with E-state index in [0.717, 1.165) is 64.3 Å². The molecule has 3 N–H and O–H groups in total. The maximum absolute atomic E-state index is 12.0. The number of aryl methyl sites for hydroxylation is 3. The summed E-state index contributed by atoms with van der Waals surface area (Å²) in [5, 5.41) is 8.10. The van der Waals surface area contributed by atoms with Crippen molar-refractivity contribution in [1.82, 2.24) is 19.7 Å². The first-order valence-corrected chi connectivity index (χ1v) is 13.8. The van der Waals surface area contributed by atoms with Crippen molar-refractivity contribution < 1.29 is 15.7 Å². The third kappa shape index (κ3) is 5.74. The third-order valence-corrected chi connectivity index (χ3v) is 7.09. The smallest absolute Gasteiger partial charge is 0.337 e. The number of fused-ring (bicyclic) bond motifs is 3. The molecule has 0 fully saturated rings. The first-order chi connectivity index (χ1) is 20.3. The summed E-state index contributed by atoms with van der Waals surface area (Å²) in [6, 6.07) is 13.3. The van der Waals surface area contributed by atoms with Crippen molar-refractivity contribution in [3.8, 4) is 28.3 Å². The highest BCUT2D eigenvalue weighted by atomic mass is 16.5. The summed E-state index contributed by atoms with van der Waals surface area (Å²) in [5.74, 6) is 0.927. The van der Waals surface area contributed by atoms with Gasteiger partial charge in [-0.2, -0.15) is 5.10 Å². The van der Waals surface area contributed by atoms with Gasteiger partial charge in [0, 0.05) is 50.3 Å². The summed E-state index contributed by atoms with van der Waals surface area (Å²) in [6.45, 7) is 5.02. The van der Waals surface area contributed by atoms with E-state index >= 15 is 0 Å². The van der Waals surface area contributed by atoms with E-state index in [1.165, 1.54) is 7.11 Å². The van der Waals surface area contributed by atoms with Crippen molar-refractivity contribution in [3.05, 3.63) is 77.2 Å². The van der Waals surface area contributed by atoms with Gasteiger partial charge < -0.3 is 20.5 Å². The molecule has 0 saturated heterocycles. The minimum absolute atomic E-state index is 0. The number of aliphatic imine (C=N–C) groups is 1. The maximum Gasteiger partial charge on any atom is 0.337 e. The van der Waals surface area contributed by atoms with E-state index in [9.17, 15) is 4.79 Å². The lowest BCUT2D eigenvalue weighted by molar-refractivity contribution is 0.0600. The molecule has 0 spiro atoms. The predicted octanol–water partition coefficient (Wildman–Crippen LogP) is 5.45. The van der Waals surface area contributed by atoms with Gasteiger partial charge in [0.05, 0.1) is 42.6 Å². The van der Waals surface area contributed by atoms with Crippen LogP contribution in [0.5, 0.6) is 5.75 Å². The van der Waals surface area contributed by atoms with E-state index in [-0.39, 0.29) is 1.43 Å². The number of carbonyl (C=O) groups is 1. The lowest BCUT2D eigenvalue weighted by Crippen LogP contribution is -2.09. The van der Waals surface area contributed by atoms with Crippen LogP contribution in [-0.2, 0) is 24.6 Å². The first-order valence-electron chi connectivity index (χ1n) is 13.8. The second kappa shape index (κ2) is 12.3. The van der Waals surface area contributed by atoms with Crippen molar-refractivity contribution in [2.75, 3.05) is 26.1 Å². The number of anilines is 2. The molecule has 2 heterocycles. The zero-order valence-corrected chi connectivity index (χ0v) is 24.5. The minimum Gasteiger partial charge on any atom is -0.495 e. The van der Waals surface area contributed by atoms with E-state index in [1.807, 2.05) is 24.1 Å². The summed E-state index contributed by atoms with van der Waals surface area (Å²) < 4.78 is 12.3. The average Bonchev–Trinajstić information content (AvgIpc) is 3.35. The Morgan fingerprint density at radius 1 is 1.17 bits per heavy atom. The van der Waals surface area contributed by atoms with E-state index in [2.05, 4.69) is 53.4 Å². The number of rotatable bonds is 9. The van der Waals surface area contributed by atoms with E-state index < -0.39 is 5.97 Å². The van der Waals surface area contributed by atoms with Crippen molar-refractivity contribution in [1.29, 1.82) is 0 Å². The zero-order chi connectivity index (χ0) is 29.8. The van der Waals surface area contributed by atoms with Crippen LogP contribution in [0.3, 0.4) is 0 Å². The Labute approximate surface area is 246 Å². The molecule has 10 nitrogen and oxygen atoms in total. The second-order valence-electron chi connectivity index (χ2n) is 10.5. The minimum atomic E-state index is -0.441. The molecule has 0 aliphatic heterocycles. The van der Waals surface area contributed by atoms with Gasteiger partial charge in [0.15, 0.2) is 0 Å². The van der Waals surface area contributed by atoms with Gasteiger partial charge in [-0.15, -0.1) is 0 Å². The molecule has 0 atom stereocenters. The van der Waals surface area contributed by atoms with Gasteiger partial charge >= 0.3 is 5.97 Å². The standard InChI is InChI=1S/C32H35N7O3.H2/c1-19(2)16-34-17-24(15-33)20-6-8-21(9-7-20)30-28-26(38-39(30)3)13-11-23-18-35-32(37-29(23)28)36-25-12-10-22(31(40)42-5)14-27(25)41-4;/h6-10,12,14-15,17-19H,11,13,16,33H2,1-5H3,(H,35,36,37);1H/b24-15+,34-17?;. The highest BCUT2D eigenvalue weighted by Gasteiger charge is 2.27. The number of nitrogens with zero attached hydrogens (tertiary/aromatic N) is 5. The number of esters is 1. The van der Waals surface area contributed by atoms with Crippen molar-refractivity contribution in [3.63, 3.8) is 0 Å². The number of benzene rings is 2. The number of methoxy groups -OCH3 is 2. The quantitative estimate of drug-likeness (QED) is 0.202. The summed E-state index contributed by atoms with van der Waals surface area (Å²) in [4.78, 5) is 26.0. The molecular formula is C32H37N7O3. The molecule has 0 saturated carbocycles. The number of hydrogen-bond donors (Lipinski definition) is 2. The summed E-state index contributed by atoms with van der Waals surface area (Å²) in [7, 11) is 4.84. The Hall–Kier alpha value is -4.99. The van der Waals surface area contributed by atoms with Crippen LogP contribution in [0.15, 0.2) is 59.9 Å². The molecular weight excluding hydrogens is 530 g/mol. The van der Waals surface area contributed by atoms with Crippen LogP contribution >= 0.6 is 0 Å². The number of aromatic nitrogens is 4. The molecule has 1 aliphatic rings. The lowest BCUT2D eigenvalue weighted by Gasteiger charge is -2.18. The number of allylic oxidation sites excluding steroid dienone is 1. The highest BCUT2D eigenvalue weighted by Crippen LogP contribution is 2.40. The molecule has 5 rings (SSSR count). The van der Waals surface area contributed by atoms with Crippen LogP contribution in [0.25, 0.3) is 28.1 Å². The van der Waals surface area contributed by atoms with Crippen LogP contribution in [-0.4, -0.2) is 52.7 Å². The van der Waals surface area contributed by atoms with Crippen LogP contribution < -0.4 is 15.8 Å². The van der Waals surface area contributed by atoms with Crippen LogP contribution in [0.4, 0.5) is 11.6 Å². The summed E-state index contributed by atoms with van der Waals surface area (Å²) >= 11 is 0. The Bertz CT molecular complexity index is 1680. The molecule has 2 aromatic carbocycles. The van der Waals surface area contributed by atoms with E-state index in [4.69, 9.17) is 25.3 Å². The fourth-order valence-corrected chi connectivity index (χ4v) is 5.01. The molecule has 4 aromatic rings. The van der Waals surface area contributed by atoms with Crippen molar-refractivity contribution in [2.24, 2.45) is 23.7 Å². The second-order valence-corrected chi connectivity index (χ2v) is 10.5. The van der Waals surface area contributed by atoms with Crippen LogP contribution in [0.1, 0.15) is 42.5 Å². The summed E-state index contributed by atoms with van der Waals surface area (Å²) in [6.07, 6.45) is 6.89. The van der Waals surface area contributed by atoms with Crippen molar-refractivity contribution in [2.45, 2.75) is 26.7 Å². The highest BCUT2D eigenvalue weighted by molar-refractivity contribution is 6.09. The molecule has 0 unspecified atom stereocenters. The number of nitrogens with two attached hydrogens (primary N) is 1. The normalized spacial score (nSPS) is 12.8. The van der Waals surface area contributed by atoms with Gasteiger partial charge in [0.25, 0.3) is 0 Å². The number of nitrogens with one attached hydrogen (secondary N) is 1. The fraction of sp³-hybridized carbons (Fsp3) is 0.281. The molecule has 1 aliphatic carbocycles. The molecule has 0 amide bonds. The van der Waals surface area contributed by atoms with Crippen LogP contribution in [0.2, 0.25) is 0 Å².